The molecule has 0 aliphatic rings. The summed E-state index contributed by atoms with van der Waals surface area (Å²) in [5.74, 6) is 1.04. The first kappa shape index (κ1) is 18.6. The lowest BCUT2D eigenvalue weighted by molar-refractivity contribution is 0.0797. The maximum atomic E-state index is 13.1. The Kier molecular flexibility index (Phi) is 5.47. The van der Waals surface area contributed by atoms with Gasteiger partial charge in [0.25, 0.3) is 5.91 Å². The summed E-state index contributed by atoms with van der Waals surface area (Å²) >= 11 is 0. The average Bonchev–Trinajstić information content (AvgIpc) is 3.28. The first-order valence-corrected chi connectivity index (χ1v) is 9.48. The van der Waals surface area contributed by atoms with Crippen LogP contribution in [0.4, 0.5) is 0 Å². The van der Waals surface area contributed by atoms with Gasteiger partial charge in [0, 0.05) is 43.0 Å². The quantitative estimate of drug-likeness (QED) is 0.483. The van der Waals surface area contributed by atoms with Crippen LogP contribution in [-0.4, -0.2) is 34.4 Å². The third kappa shape index (κ3) is 4.24. The second-order valence-corrected chi connectivity index (χ2v) is 6.74. The van der Waals surface area contributed by atoms with E-state index >= 15 is 0 Å². The van der Waals surface area contributed by atoms with Crippen molar-refractivity contribution in [2.75, 3.05) is 13.6 Å². The van der Waals surface area contributed by atoms with Crippen molar-refractivity contribution in [1.82, 2.24) is 14.9 Å². The average molecular weight is 383 g/mol. The minimum Gasteiger partial charge on any atom is -0.436 e. The molecule has 2 aromatic heterocycles. The van der Waals surface area contributed by atoms with Crippen molar-refractivity contribution in [1.29, 1.82) is 0 Å². The standard InChI is InChI=1S/C24H21N3O2/c1-27(16-14-19-11-7-8-15-25-19)24(28)21-13-6-5-12-20(21)23-26-17-22(29-23)18-9-3-2-4-10-18/h2-13,15,17H,14,16H2,1H3. The minimum atomic E-state index is -0.0732. The monoisotopic (exact) mass is 383 g/mol. The molecule has 2 aromatic carbocycles. The lowest BCUT2D eigenvalue weighted by Gasteiger charge is -2.18. The van der Waals surface area contributed by atoms with E-state index in [4.69, 9.17) is 4.42 Å². The van der Waals surface area contributed by atoms with Crippen molar-refractivity contribution >= 4 is 5.91 Å². The second kappa shape index (κ2) is 8.52. The smallest absolute Gasteiger partial charge is 0.254 e. The third-order valence-corrected chi connectivity index (χ3v) is 4.73. The summed E-state index contributed by atoms with van der Waals surface area (Å²) in [7, 11) is 1.80. The van der Waals surface area contributed by atoms with Crippen LogP contribution in [-0.2, 0) is 6.42 Å². The zero-order valence-corrected chi connectivity index (χ0v) is 16.2. The van der Waals surface area contributed by atoms with Gasteiger partial charge in [-0.05, 0) is 24.3 Å². The highest BCUT2D eigenvalue weighted by atomic mass is 16.4. The van der Waals surface area contributed by atoms with E-state index in [1.165, 1.54) is 0 Å². The zero-order chi connectivity index (χ0) is 20.1. The molecule has 5 heteroatoms. The van der Waals surface area contributed by atoms with Crippen LogP contribution in [0.25, 0.3) is 22.8 Å². The fraction of sp³-hybridized carbons (Fsp3) is 0.125. The molecule has 4 aromatic rings. The SMILES string of the molecule is CN(CCc1ccccn1)C(=O)c1ccccc1-c1ncc(-c2ccccc2)o1. The van der Waals surface area contributed by atoms with Gasteiger partial charge < -0.3 is 9.32 Å². The Morgan fingerprint density at radius 3 is 2.48 bits per heavy atom. The van der Waals surface area contributed by atoms with Crippen LogP contribution in [0.15, 0.2) is 89.6 Å². The fourth-order valence-electron chi connectivity index (χ4n) is 3.13. The highest BCUT2D eigenvalue weighted by Crippen LogP contribution is 2.28. The van der Waals surface area contributed by atoms with Gasteiger partial charge in [-0.25, -0.2) is 4.98 Å². The number of aromatic nitrogens is 2. The molecule has 0 aliphatic carbocycles. The van der Waals surface area contributed by atoms with Crippen LogP contribution in [0.5, 0.6) is 0 Å². The Bertz CT molecular complexity index is 1090. The summed E-state index contributed by atoms with van der Waals surface area (Å²) in [5.41, 5.74) is 3.16. The van der Waals surface area contributed by atoms with Gasteiger partial charge in [0.15, 0.2) is 5.76 Å². The number of nitrogens with zero attached hydrogens (tertiary/aromatic N) is 3. The molecule has 0 saturated heterocycles. The minimum absolute atomic E-state index is 0.0732. The maximum Gasteiger partial charge on any atom is 0.254 e. The molecule has 144 valence electrons. The van der Waals surface area contributed by atoms with Gasteiger partial charge in [0.1, 0.15) is 0 Å². The van der Waals surface area contributed by atoms with Crippen LogP contribution < -0.4 is 0 Å². The largest absolute Gasteiger partial charge is 0.436 e. The molecule has 2 heterocycles. The lowest BCUT2D eigenvalue weighted by Crippen LogP contribution is -2.29. The molecule has 0 aliphatic heterocycles. The molecule has 0 bridgehead atoms. The lowest BCUT2D eigenvalue weighted by atomic mass is 10.1. The molecule has 0 atom stereocenters. The number of benzene rings is 2. The topological polar surface area (TPSA) is 59.2 Å². The zero-order valence-electron chi connectivity index (χ0n) is 16.2. The molecule has 0 fully saturated rings. The number of amides is 1. The van der Waals surface area contributed by atoms with Crippen LogP contribution in [0.2, 0.25) is 0 Å². The van der Waals surface area contributed by atoms with E-state index in [1.54, 1.807) is 30.4 Å². The number of likely N-dealkylation sites (N-methyl/N-ethyl adjacent to an activating group) is 1. The summed E-state index contributed by atoms with van der Waals surface area (Å²) in [6, 6.07) is 23.0. The Morgan fingerprint density at radius 2 is 1.69 bits per heavy atom. The summed E-state index contributed by atoms with van der Waals surface area (Å²) in [4.78, 5) is 23.5. The number of rotatable bonds is 6. The summed E-state index contributed by atoms with van der Waals surface area (Å²) in [6.45, 7) is 0.574. The van der Waals surface area contributed by atoms with Gasteiger partial charge in [0.2, 0.25) is 5.89 Å². The summed E-state index contributed by atoms with van der Waals surface area (Å²) < 4.78 is 5.96. The van der Waals surface area contributed by atoms with Gasteiger partial charge in [-0.2, -0.15) is 0 Å². The molecule has 5 nitrogen and oxygen atoms in total. The van der Waals surface area contributed by atoms with E-state index in [-0.39, 0.29) is 5.91 Å². The summed E-state index contributed by atoms with van der Waals surface area (Å²) in [5, 5.41) is 0. The number of carbonyl (C=O) groups is 1. The fourth-order valence-corrected chi connectivity index (χ4v) is 3.13. The molecule has 0 spiro atoms. The van der Waals surface area contributed by atoms with Gasteiger partial charge in [-0.15, -0.1) is 0 Å². The molecule has 29 heavy (non-hydrogen) atoms. The van der Waals surface area contributed by atoms with E-state index in [0.717, 1.165) is 11.3 Å². The predicted octanol–water partition coefficient (Wildman–Crippen LogP) is 4.72. The number of hydrogen-bond donors (Lipinski definition) is 0. The Morgan fingerprint density at radius 1 is 0.931 bits per heavy atom. The Balaban J connectivity index is 1.55. The van der Waals surface area contributed by atoms with E-state index < -0.39 is 0 Å². The highest BCUT2D eigenvalue weighted by molar-refractivity contribution is 5.99. The molecule has 0 radical (unpaired) electrons. The van der Waals surface area contributed by atoms with Crippen molar-refractivity contribution in [2.45, 2.75) is 6.42 Å². The number of oxazole rings is 1. The van der Waals surface area contributed by atoms with Crippen molar-refractivity contribution < 1.29 is 9.21 Å². The van der Waals surface area contributed by atoms with Crippen molar-refractivity contribution in [3.63, 3.8) is 0 Å². The number of carbonyl (C=O) groups excluding carboxylic acids is 1. The van der Waals surface area contributed by atoms with Crippen LogP contribution in [0, 0.1) is 0 Å². The molecule has 0 N–H and O–H groups in total. The molecule has 1 amide bonds. The van der Waals surface area contributed by atoms with Gasteiger partial charge in [-0.1, -0.05) is 48.5 Å². The molecule has 0 saturated carbocycles. The van der Waals surface area contributed by atoms with E-state index in [0.29, 0.717) is 35.7 Å². The van der Waals surface area contributed by atoms with E-state index in [1.807, 2.05) is 66.7 Å². The third-order valence-electron chi connectivity index (χ3n) is 4.73. The predicted molar refractivity (Wildman–Crippen MR) is 112 cm³/mol. The van der Waals surface area contributed by atoms with E-state index in [2.05, 4.69) is 9.97 Å². The van der Waals surface area contributed by atoms with Gasteiger partial charge in [-0.3, -0.25) is 9.78 Å². The highest BCUT2D eigenvalue weighted by Gasteiger charge is 2.19. The first-order chi connectivity index (χ1) is 14.2. The normalized spacial score (nSPS) is 10.7. The van der Waals surface area contributed by atoms with Crippen LogP contribution in [0.1, 0.15) is 16.1 Å². The summed E-state index contributed by atoms with van der Waals surface area (Å²) in [6.07, 6.45) is 4.15. The molecular formula is C24H21N3O2. The van der Waals surface area contributed by atoms with E-state index in [9.17, 15) is 4.79 Å². The van der Waals surface area contributed by atoms with Crippen molar-refractivity contribution in [3.05, 3.63) is 96.4 Å². The van der Waals surface area contributed by atoms with Crippen LogP contribution >= 0.6 is 0 Å². The maximum absolute atomic E-state index is 13.1. The first-order valence-electron chi connectivity index (χ1n) is 9.48. The van der Waals surface area contributed by atoms with Gasteiger partial charge in [0.05, 0.1) is 11.8 Å². The second-order valence-electron chi connectivity index (χ2n) is 6.74. The van der Waals surface area contributed by atoms with Crippen molar-refractivity contribution in [2.24, 2.45) is 0 Å². The molecule has 4 rings (SSSR count). The molecular weight excluding hydrogens is 362 g/mol. The Labute approximate surface area is 169 Å². The van der Waals surface area contributed by atoms with Crippen molar-refractivity contribution in [3.8, 4) is 22.8 Å². The number of hydrogen-bond acceptors (Lipinski definition) is 4. The van der Waals surface area contributed by atoms with Gasteiger partial charge >= 0.3 is 0 Å². The Hall–Kier alpha value is -3.73. The number of pyridine rings is 1. The van der Waals surface area contributed by atoms with Crippen LogP contribution in [0.3, 0.4) is 0 Å². The molecule has 0 unspecified atom stereocenters.